The highest BCUT2D eigenvalue weighted by molar-refractivity contribution is 7.09. The summed E-state index contributed by atoms with van der Waals surface area (Å²) in [5.41, 5.74) is 0.997. The number of hydrogen-bond donors (Lipinski definition) is 0. The van der Waals surface area contributed by atoms with E-state index >= 15 is 0 Å². The Balaban J connectivity index is 2.22. The summed E-state index contributed by atoms with van der Waals surface area (Å²) in [6, 6.07) is 2.01. The summed E-state index contributed by atoms with van der Waals surface area (Å²) in [7, 11) is 0. The number of benzene rings is 1. The maximum Gasteiger partial charge on any atom is 0.172 e. The Morgan fingerprint density at radius 3 is 2.48 bits per heavy atom. The zero-order chi connectivity index (χ0) is 15.8. The number of halogens is 2. The van der Waals surface area contributed by atoms with Crippen molar-refractivity contribution in [1.82, 2.24) is 4.98 Å². The fraction of sp³-hybridized carbons (Fsp3) is 0.375. The molecule has 1 aromatic heterocycles. The van der Waals surface area contributed by atoms with Crippen LogP contribution in [-0.4, -0.2) is 10.8 Å². The minimum atomic E-state index is -0.823. The normalized spacial score (nSPS) is 11.7. The van der Waals surface area contributed by atoms with Crippen LogP contribution >= 0.6 is 11.3 Å². The summed E-state index contributed by atoms with van der Waals surface area (Å²) in [4.78, 5) is 16.6. The molecule has 1 heterocycles. The molecule has 0 saturated heterocycles. The van der Waals surface area contributed by atoms with E-state index in [-0.39, 0.29) is 28.7 Å². The number of carbonyl (C=O) groups excluding carboxylic acids is 1. The van der Waals surface area contributed by atoms with E-state index in [9.17, 15) is 13.6 Å². The van der Waals surface area contributed by atoms with Crippen molar-refractivity contribution in [3.05, 3.63) is 51.0 Å². The van der Waals surface area contributed by atoms with Gasteiger partial charge in [0.25, 0.3) is 0 Å². The van der Waals surface area contributed by atoms with Crippen LogP contribution in [0.15, 0.2) is 17.5 Å². The molecule has 21 heavy (non-hydrogen) atoms. The molecule has 0 atom stereocenters. The largest absolute Gasteiger partial charge is 0.294 e. The molecule has 0 aliphatic carbocycles. The number of ketones is 1. The Labute approximate surface area is 126 Å². The molecular weight excluding hydrogens is 292 g/mol. The second-order valence-corrected chi connectivity index (χ2v) is 7.00. The predicted octanol–water partition coefficient (Wildman–Crippen LogP) is 4.45. The van der Waals surface area contributed by atoms with Gasteiger partial charge in [0.2, 0.25) is 0 Å². The monoisotopic (exact) mass is 309 g/mol. The molecule has 0 unspecified atom stereocenters. The summed E-state index contributed by atoms with van der Waals surface area (Å²) in [5.74, 6) is -1.85. The maximum atomic E-state index is 13.7. The van der Waals surface area contributed by atoms with Gasteiger partial charge in [0.15, 0.2) is 5.78 Å². The van der Waals surface area contributed by atoms with E-state index in [0.29, 0.717) is 5.01 Å². The smallest absolute Gasteiger partial charge is 0.172 e. The molecule has 2 aromatic rings. The molecule has 1 aromatic carbocycles. The van der Waals surface area contributed by atoms with Gasteiger partial charge in [-0.05, 0) is 18.6 Å². The van der Waals surface area contributed by atoms with Gasteiger partial charge in [0, 0.05) is 16.9 Å². The number of hydrogen-bond acceptors (Lipinski definition) is 3. The number of thiazole rings is 1. The molecule has 0 saturated carbocycles. The van der Waals surface area contributed by atoms with Crippen LogP contribution in [0, 0.1) is 18.6 Å². The lowest BCUT2D eigenvalue weighted by Gasteiger charge is -2.14. The molecule has 0 aliphatic heterocycles. The number of carbonyl (C=O) groups is 1. The topological polar surface area (TPSA) is 30.0 Å². The van der Waals surface area contributed by atoms with Crippen LogP contribution in [0.1, 0.15) is 47.4 Å². The third-order valence-electron chi connectivity index (χ3n) is 3.18. The van der Waals surface area contributed by atoms with Crippen LogP contribution < -0.4 is 0 Å². The summed E-state index contributed by atoms with van der Waals surface area (Å²) >= 11 is 1.38. The molecule has 5 heteroatoms. The van der Waals surface area contributed by atoms with E-state index < -0.39 is 11.6 Å². The van der Waals surface area contributed by atoms with Crippen molar-refractivity contribution in [3.8, 4) is 0 Å². The number of Topliss-reactive ketones (excluding diaryl/α,β-unsaturated/α-hetero) is 1. The predicted molar refractivity (Wildman–Crippen MR) is 79.9 cm³/mol. The van der Waals surface area contributed by atoms with E-state index in [2.05, 4.69) is 4.98 Å². The first-order valence-electron chi connectivity index (χ1n) is 6.62. The van der Waals surface area contributed by atoms with Gasteiger partial charge in [-0.25, -0.2) is 13.8 Å². The van der Waals surface area contributed by atoms with Gasteiger partial charge in [-0.3, -0.25) is 4.79 Å². The van der Waals surface area contributed by atoms with Gasteiger partial charge in [-0.1, -0.05) is 20.8 Å². The first-order chi connectivity index (χ1) is 9.68. The van der Waals surface area contributed by atoms with Crippen molar-refractivity contribution in [3.63, 3.8) is 0 Å². The van der Waals surface area contributed by atoms with Crippen molar-refractivity contribution in [2.45, 2.75) is 39.5 Å². The van der Waals surface area contributed by atoms with E-state index in [0.717, 1.165) is 11.8 Å². The first-order valence-corrected chi connectivity index (χ1v) is 7.50. The van der Waals surface area contributed by atoms with E-state index in [1.54, 1.807) is 0 Å². The van der Waals surface area contributed by atoms with Gasteiger partial charge in [-0.2, -0.15) is 0 Å². The molecule has 0 bridgehead atoms. The summed E-state index contributed by atoms with van der Waals surface area (Å²) in [6.07, 6.45) is 0.0305. The number of aryl methyl sites for hydroxylation is 1. The molecule has 0 radical (unpaired) electrons. The zero-order valence-corrected chi connectivity index (χ0v) is 13.3. The molecule has 0 spiro atoms. The minimum Gasteiger partial charge on any atom is -0.294 e. The lowest BCUT2D eigenvalue weighted by molar-refractivity contribution is 0.0989. The van der Waals surface area contributed by atoms with Crippen LogP contribution in [0.4, 0.5) is 8.78 Å². The third kappa shape index (κ3) is 3.53. The molecule has 2 nitrogen and oxygen atoms in total. The Morgan fingerprint density at radius 2 is 1.90 bits per heavy atom. The van der Waals surface area contributed by atoms with Gasteiger partial charge < -0.3 is 0 Å². The highest BCUT2D eigenvalue weighted by Crippen LogP contribution is 2.25. The van der Waals surface area contributed by atoms with Crippen molar-refractivity contribution in [1.29, 1.82) is 0 Å². The van der Waals surface area contributed by atoms with Crippen LogP contribution in [0.5, 0.6) is 0 Å². The van der Waals surface area contributed by atoms with Crippen LogP contribution in [-0.2, 0) is 11.8 Å². The van der Waals surface area contributed by atoms with E-state index in [1.807, 2.05) is 26.2 Å². The van der Waals surface area contributed by atoms with Crippen molar-refractivity contribution in [2.24, 2.45) is 0 Å². The molecule has 0 fully saturated rings. The van der Waals surface area contributed by atoms with Gasteiger partial charge in [-0.15, -0.1) is 11.3 Å². The van der Waals surface area contributed by atoms with E-state index in [4.69, 9.17) is 0 Å². The highest BCUT2D eigenvalue weighted by atomic mass is 32.1. The molecule has 0 aliphatic rings. The van der Waals surface area contributed by atoms with Gasteiger partial charge in [0.05, 0.1) is 17.7 Å². The Bertz CT molecular complexity index is 686. The lowest BCUT2D eigenvalue weighted by Crippen LogP contribution is -2.12. The van der Waals surface area contributed by atoms with Gasteiger partial charge in [0.1, 0.15) is 16.6 Å². The van der Waals surface area contributed by atoms with Gasteiger partial charge >= 0.3 is 0 Å². The Hall–Kier alpha value is -1.62. The summed E-state index contributed by atoms with van der Waals surface area (Å²) < 4.78 is 26.9. The SMILES string of the molecule is Cc1cc(C(=O)Cc2nc(C(C)(C)C)cs2)c(F)cc1F. The highest BCUT2D eigenvalue weighted by Gasteiger charge is 2.20. The standard InChI is InChI=1S/C16H17F2NOS/c1-9-5-10(12(18)6-11(9)17)13(20)7-15-19-14(8-21-15)16(2,3)4/h5-6,8H,7H2,1-4H3. The number of nitrogens with zero attached hydrogens (tertiary/aromatic N) is 1. The van der Waals surface area contributed by atoms with E-state index in [1.165, 1.54) is 24.3 Å². The fourth-order valence-corrected chi connectivity index (χ4v) is 2.86. The van der Waals surface area contributed by atoms with Crippen molar-refractivity contribution >= 4 is 17.1 Å². The molecule has 0 N–H and O–H groups in total. The molecular formula is C16H17F2NOS. The minimum absolute atomic E-state index is 0.0305. The first kappa shape index (κ1) is 15.8. The molecule has 0 amide bonds. The molecule has 2 rings (SSSR count). The number of rotatable bonds is 3. The summed E-state index contributed by atoms with van der Waals surface area (Å²) in [5, 5.41) is 2.56. The fourth-order valence-electron chi connectivity index (χ4n) is 1.84. The van der Waals surface area contributed by atoms with Crippen LogP contribution in [0.3, 0.4) is 0 Å². The average molecular weight is 309 g/mol. The average Bonchev–Trinajstić information content (AvgIpc) is 2.82. The Kier molecular flexibility index (Phi) is 4.23. The van der Waals surface area contributed by atoms with Crippen LogP contribution in [0.25, 0.3) is 0 Å². The second-order valence-electron chi connectivity index (χ2n) is 6.06. The molecule has 112 valence electrons. The Morgan fingerprint density at radius 1 is 1.24 bits per heavy atom. The van der Waals surface area contributed by atoms with Crippen molar-refractivity contribution in [2.75, 3.05) is 0 Å². The summed E-state index contributed by atoms with van der Waals surface area (Å²) in [6.45, 7) is 7.62. The van der Waals surface area contributed by atoms with Crippen molar-refractivity contribution < 1.29 is 13.6 Å². The lowest BCUT2D eigenvalue weighted by atomic mass is 9.93. The quantitative estimate of drug-likeness (QED) is 0.784. The van der Waals surface area contributed by atoms with Crippen LogP contribution in [0.2, 0.25) is 0 Å². The number of aromatic nitrogens is 1. The maximum absolute atomic E-state index is 13.7. The third-order valence-corrected chi connectivity index (χ3v) is 4.03. The zero-order valence-electron chi connectivity index (χ0n) is 12.5. The second kappa shape index (κ2) is 5.64.